The Labute approximate surface area is 173 Å². The average Bonchev–Trinajstić information content (AvgIpc) is 2.82. The van der Waals surface area contributed by atoms with Crippen molar-refractivity contribution in [1.82, 2.24) is 5.06 Å². The fourth-order valence-corrected chi connectivity index (χ4v) is 4.74. The number of hydrogen-bond acceptors (Lipinski definition) is 2. The van der Waals surface area contributed by atoms with Crippen LogP contribution in [0.25, 0.3) is 0 Å². The largest absolute Gasteiger partial charge is 0.275 e. The molecule has 2 rings (SSSR count). The number of amides is 1. The van der Waals surface area contributed by atoms with E-state index >= 15 is 0 Å². The van der Waals surface area contributed by atoms with Crippen LogP contribution >= 0.6 is 0 Å². The van der Waals surface area contributed by atoms with E-state index < -0.39 is 0 Å². The molecule has 160 valence electrons. The molecule has 1 amide bonds. The Morgan fingerprint density at radius 1 is 0.750 bits per heavy atom. The Balaban J connectivity index is 1.87. The summed E-state index contributed by atoms with van der Waals surface area (Å²) in [6.07, 6.45) is 21.6. The Kier molecular flexibility index (Phi) is 11.7. The average molecular weight is 390 g/mol. The van der Waals surface area contributed by atoms with Crippen molar-refractivity contribution in [2.45, 2.75) is 109 Å². The molecule has 28 heavy (non-hydrogen) atoms. The molecule has 0 aromatic rings. The van der Waals surface area contributed by atoms with E-state index in [1.165, 1.54) is 95.0 Å². The Morgan fingerprint density at radius 3 is 1.79 bits per heavy atom. The van der Waals surface area contributed by atoms with Crippen molar-refractivity contribution in [2.75, 3.05) is 14.2 Å². The zero-order valence-electron chi connectivity index (χ0n) is 18.5. The molecule has 2 aliphatic rings. The second kappa shape index (κ2) is 14.0. The number of hydroxylamine groups is 2. The van der Waals surface area contributed by atoms with Gasteiger partial charge in [-0.25, -0.2) is 5.06 Å². The highest BCUT2D eigenvalue weighted by atomic mass is 16.7. The maximum Gasteiger partial charge on any atom is 0.246 e. The minimum absolute atomic E-state index is 0.107. The van der Waals surface area contributed by atoms with Crippen LogP contribution in [-0.2, 0) is 9.63 Å². The molecule has 0 spiro atoms. The van der Waals surface area contributed by atoms with E-state index in [0.717, 1.165) is 12.8 Å². The summed E-state index contributed by atoms with van der Waals surface area (Å²) in [6, 6.07) is 0. The van der Waals surface area contributed by atoms with Crippen molar-refractivity contribution in [3.05, 3.63) is 0 Å². The molecule has 0 heterocycles. The van der Waals surface area contributed by atoms with E-state index in [0.29, 0.717) is 24.2 Å². The molecule has 2 unspecified atom stereocenters. The number of rotatable bonds is 3. The first kappa shape index (κ1) is 23.3. The van der Waals surface area contributed by atoms with Crippen LogP contribution in [0.2, 0.25) is 0 Å². The summed E-state index contributed by atoms with van der Waals surface area (Å²) in [5, 5.41) is 1.38. The summed E-state index contributed by atoms with van der Waals surface area (Å²) < 4.78 is 0. The molecule has 0 N–H and O–H groups in total. The van der Waals surface area contributed by atoms with Gasteiger partial charge in [0.15, 0.2) is 0 Å². The van der Waals surface area contributed by atoms with Crippen LogP contribution in [0.15, 0.2) is 0 Å². The molecule has 2 fully saturated rings. The lowest BCUT2D eigenvalue weighted by atomic mass is 9.89. The van der Waals surface area contributed by atoms with Gasteiger partial charge in [-0.1, -0.05) is 76.0 Å². The van der Waals surface area contributed by atoms with Crippen LogP contribution in [0.4, 0.5) is 0 Å². The fraction of sp³-hybridized carbons (Fsp3) is 0.880. The summed E-state index contributed by atoms with van der Waals surface area (Å²) in [6.45, 7) is 0. The van der Waals surface area contributed by atoms with E-state index in [2.05, 4.69) is 11.8 Å². The predicted octanol–water partition coefficient (Wildman–Crippen LogP) is 6.52. The second-order valence-electron chi connectivity index (χ2n) is 9.09. The number of hydrogen-bond donors (Lipinski definition) is 0. The van der Waals surface area contributed by atoms with Gasteiger partial charge in [-0.2, -0.15) is 0 Å². The molecule has 0 saturated heterocycles. The smallest absolute Gasteiger partial charge is 0.246 e. The first-order valence-corrected chi connectivity index (χ1v) is 12.0. The van der Waals surface area contributed by atoms with Crippen molar-refractivity contribution in [3.8, 4) is 11.8 Å². The van der Waals surface area contributed by atoms with Crippen LogP contribution in [0.5, 0.6) is 0 Å². The molecule has 2 saturated carbocycles. The highest BCUT2D eigenvalue weighted by molar-refractivity contribution is 5.75. The standard InChI is InChI=1S/C25H43NO2/c1-26(28-2)25(27)21-24-16-12-8-11-15-23(19-20-24)18-17-22-13-9-6-4-3-5-7-10-14-22/h22-24H,3-16,19-21H2,1-2H3. The van der Waals surface area contributed by atoms with Gasteiger partial charge in [-0.15, -0.1) is 0 Å². The molecule has 0 aromatic carbocycles. The molecule has 0 bridgehead atoms. The summed E-state index contributed by atoms with van der Waals surface area (Å²) in [4.78, 5) is 17.3. The minimum atomic E-state index is 0.107. The molecule has 0 aliphatic heterocycles. The first-order valence-electron chi connectivity index (χ1n) is 12.0. The lowest BCUT2D eigenvalue weighted by molar-refractivity contribution is -0.169. The maximum atomic E-state index is 12.2. The quantitative estimate of drug-likeness (QED) is 0.406. The molecule has 3 heteroatoms. The van der Waals surface area contributed by atoms with E-state index in [-0.39, 0.29) is 5.91 Å². The molecular weight excluding hydrogens is 346 g/mol. The topological polar surface area (TPSA) is 29.5 Å². The summed E-state index contributed by atoms with van der Waals surface area (Å²) in [5.41, 5.74) is 0. The van der Waals surface area contributed by atoms with E-state index in [9.17, 15) is 4.79 Å². The molecule has 2 atom stereocenters. The lowest BCUT2D eigenvalue weighted by Crippen LogP contribution is -2.27. The molecular formula is C25H43NO2. The molecule has 3 nitrogen and oxygen atoms in total. The van der Waals surface area contributed by atoms with Crippen LogP contribution in [0, 0.1) is 29.6 Å². The fourth-order valence-electron chi connectivity index (χ4n) is 4.74. The van der Waals surface area contributed by atoms with Crippen LogP contribution in [-0.4, -0.2) is 25.1 Å². The lowest BCUT2D eigenvalue weighted by Gasteiger charge is -2.20. The van der Waals surface area contributed by atoms with Gasteiger partial charge in [0.05, 0.1) is 7.11 Å². The highest BCUT2D eigenvalue weighted by Gasteiger charge is 2.20. The van der Waals surface area contributed by atoms with Crippen molar-refractivity contribution >= 4 is 5.91 Å². The van der Waals surface area contributed by atoms with Gasteiger partial charge in [0, 0.05) is 25.3 Å². The Hall–Kier alpha value is -1.01. The van der Waals surface area contributed by atoms with Crippen molar-refractivity contribution in [1.29, 1.82) is 0 Å². The number of carbonyl (C=O) groups excluding carboxylic acids is 1. The maximum absolute atomic E-state index is 12.2. The summed E-state index contributed by atoms with van der Waals surface area (Å²) >= 11 is 0. The SMILES string of the molecule is CON(C)C(=O)CC1CCCCCC(C#CC2CCCCCCCCC2)CC1. The van der Waals surface area contributed by atoms with Crippen molar-refractivity contribution in [3.63, 3.8) is 0 Å². The highest BCUT2D eigenvalue weighted by Crippen LogP contribution is 2.28. The third-order valence-corrected chi connectivity index (χ3v) is 6.77. The third-order valence-electron chi connectivity index (χ3n) is 6.77. The Bertz CT molecular complexity index is 483. The number of nitrogens with zero attached hydrogens (tertiary/aromatic N) is 1. The van der Waals surface area contributed by atoms with Gasteiger partial charge < -0.3 is 0 Å². The molecule has 0 radical (unpaired) electrons. The zero-order valence-corrected chi connectivity index (χ0v) is 18.5. The summed E-state index contributed by atoms with van der Waals surface area (Å²) in [5.74, 6) is 9.17. The first-order chi connectivity index (χ1) is 13.7. The van der Waals surface area contributed by atoms with Gasteiger partial charge in [0.1, 0.15) is 0 Å². The van der Waals surface area contributed by atoms with Gasteiger partial charge in [-0.05, 0) is 44.4 Å². The monoisotopic (exact) mass is 389 g/mol. The molecule has 0 aromatic heterocycles. The number of carbonyl (C=O) groups is 1. The van der Waals surface area contributed by atoms with Gasteiger partial charge in [0.2, 0.25) is 5.91 Å². The van der Waals surface area contributed by atoms with Crippen LogP contribution in [0.1, 0.15) is 109 Å². The van der Waals surface area contributed by atoms with Gasteiger partial charge >= 0.3 is 0 Å². The van der Waals surface area contributed by atoms with Crippen LogP contribution in [0.3, 0.4) is 0 Å². The normalized spacial score (nSPS) is 26.1. The van der Waals surface area contributed by atoms with E-state index in [1.54, 1.807) is 14.2 Å². The van der Waals surface area contributed by atoms with Crippen molar-refractivity contribution in [2.24, 2.45) is 17.8 Å². The van der Waals surface area contributed by atoms with E-state index in [1.807, 2.05) is 0 Å². The zero-order chi connectivity index (χ0) is 20.0. The third kappa shape index (κ3) is 9.46. The predicted molar refractivity (Wildman–Crippen MR) is 117 cm³/mol. The molecule has 2 aliphatic carbocycles. The summed E-state index contributed by atoms with van der Waals surface area (Å²) in [7, 11) is 3.27. The minimum Gasteiger partial charge on any atom is -0.275 e. The van der Waals surface area contributed by atoms with E-state index in [4.69, 9.17) is 4.84 Å². The van der Waals surface area contributed by atoms with Gasteiger partial charge in [0.25, 0.3) is 0 Å². The second-order valence-corrected chi connectivity index (χ2v) is 9.09. The van der Waals surface area contributed by atoms with Crippen molar-refractivity contribution < 1.29 is 9.63 Å². The Morgan fingerprint density at radius 2 is 1.21 bits per heavy atom. The van der Waals surface area contributed by atoms with Gasteiger partial charge in [-0.3, -0.25) is 9.63 Å². The van der Waals surface area contributed by atoms with Crippen LogP contribution < -0.4 is 0 Å².